The van der Waals surface area contributed by atoms with E-state index in [1.165, 1.54) is 0 Å². The summed E-state index contributed by atoms with van der Waals surface area (Å²) in [7, 11) is 0. The Balaban J connectivity index is 2.03. The highest BCUT2D eigenvalue weighted by molar-refractivity contribution is 7.11. The number of aromatic nitrogens is 2. The van der Waals surface area contributed by atoms with E-state index in [9.17, 15) is 0 Å². The van der Waals surface area contributed by atoms with Crippen molar-refractivity contribution in [1.82, 2.24) is 10.2 Å². The van der Waals surface area contributed by atoms with Crippen LogP contribution in [0.4, 0.5) is 0 Å². The molecule has 2 heterocycles. The normalized spacial score (nSPS) is 22.4. The van der Waals surface area contributed by atoms with Gasteiger partial charge in [-0.2, -0.15) is 0 Å². The smallest absolute Gasteiger partial charge is 0.122 e. The van der Waals surface area contributed by atoms with Gasteiger partial charge in [-0.3, -0.25) is 0 Å². The van der Waals surface area contributed by atoms with Crippen LogP contribution in [0.15, 0.2) is 0 Å². The second kappa shape index (κ2) is 4.35. The lowest BCUT2D eigenvalue weighted by Crippen LogP contribution is -1.95. The third-order valence-corrected chi connectivity index (χ3v) is 3.40. The summed E-state index contributed by atoms with van der Waals surface area (Å²) in [5, 5.41) is 10.4. The lowest BCUT2D eigenvalue weighted by Gasteiger charge is -1.98. The number of aryl methyl sites for hydroxylation is 1. The lowest BCUT2D eigenvalue weighted by atomic mass is 10.1. The zero-order valence-corrected chi connectivity index (χ0v) is 8.77. The van der Waals surface area contributed by atoms with Gasteiger partial charge in [0.2, 0.25) is 0 Å². The van der Waals surface area contributed by atoms with E-state index in [0.29, 0.717) is 11.8 Å². The third kappa shape index (κ3) is 2.18. The van der Waals surface area contributed by atoms with Crippen LogP contribution in [0.1, 0.15) is 22.4 Å². The molecule has 0 radical (unpaired) electrons. The highest BCUT2D eigenvalue weighted by atomic mass is 35.5. The van der Waals surface area contributed by atoms with Crippen molar-refractivity contribution in [1.29, 1.82) is 0 Å². The fourth-order valence-corrected chi connectivity index (χ4v) is 2.60. The standard InChI is InChI=1S/C8H11ClN2OS/c9-3-1-7-10-11-8(13-7)6-2-4-12-5-6/h6H,1-5H2. The van der Waals surface area contributed by atoms with Gasteiger partial charge in [-0.1, -0.05) is 0 Å². The van der Waals surface area contributed by atoms with Crippen molar-refractivity contribution < 1.29 is 4.74 Å². The summed E-state index contributed by atoms with van der Waals surface area (Å²) in [6.45, 7) is 1.66. The monoisotopic (exact) mass is 218 g/mol. The quantitative estimate of drug-likeness (QED) is 0.726. The predicted molar refractivity (Wildman–Crippen MR) is 52.5 cm³/mol. The summed E-state index contributed by atoms with van der Waals surface area (Å²) >= 11 is 7.29. The number of halogens is 1. The highest BCUT2D eigenvalue weighted by Gasteiger charge is 2.21. The summed E-state index contributed by atoms with van der Waals surface area (Å²) in [5.74, 6) is 1.09. The Morgan fingerprint density at radius 1 is 1.54 bits per heavy atom. The Morgan fingerprint density at radius 2 is 2.46 bits per heavy atom. The van der Waals surface area contributed by atoms with Crippen LogP contribution in [0, 0.1) is 0 Å². The van der Waals surface area contributed by atoms with E-state index in [1.807, 2.05) is 0 Å². The number of ether oxygens (including phenoxy) is 1. The summed E-state index contributed by atoms with van der Waals surface area (Å²) < 4.78 is 5.29. The predicted octanol–water partition coefficient (Wildman–Crippen LogP) is 1.82. The molecule has 1 aliphatic heterocycles. The van der Waals surface area contributed by atoms with E-state index < -0.39 is 0 Å². The van der Waals surface area contributed by atoms with Crippen molar-refractivity contribution >= 4 is 22.9 Å². The maximum absolute atomic E-state index is 5.62. The molecule has 0 spiro atoms. The van der Waals surface area contributed by atoms with Crippen molar-refractivity contribution in [3.63, 3.8) is 0 Å². The minimum absolute atomic E-state index is 0.474. The first kappa shape index (κ1) is 9.37. The van der Waals surface area contributed by atoms with Gasteiger partial charge >= 0.3 is 0 Å². The van der Waals surface area contributed by atoms with E-state index in [1.54, 1.807) is 11.3 Å². The van der Waals surface area contributed by atoms with Gasteiger partial charge in [-0.15, -0.1) is 33.1 Å². The molecule has 0 aliphatic carbocycles. The summed E-state index contributed by atoms with van der Waals surface area (Å²) in [6, 6.07) is 0. The molecule has 13 heavy (non-hydrogen) atoms. The minimum atomic E-state index is 0.474. The molecule has 0 aromatic carbocycles. The fraction of sp³-hybridized carbons (Fsp3) is 0.750. The SMILES string of the molecule is ClCCc1nnc(C2CCOC2)s1. The van der Waals surface area contributed by atoms with Crippen molar-refractivity contribution in [3.05, 3.63) is 10.0 Å². The number of hydrogen-bond donors (Lipinski definition) is 0. The van der Waals surface area contributed by atoms with Crippen LogP contribution in [0.3, 0.4) is 0 Å². The zero-order valence-electron chi connectivity index (χ0n) is 7.20. The largest absolute Gasteiger partial charge is 0.381 e. The first-order valence-electron chi connectivity index (χ1n) is 4.36. The molecule has 1 aliphatic rings. The molecule has 1 aromatic rings. The molecule has 1 fully saturated rings. The van der Waals surface area contributed by atoms with Crippen molar-refractivity contribution in [2.75, 3.05) is 19.1 Å². The van der Waals surface area contributed by atoms with Crippen LogP contribution in [0.25, 0.3) is 0 Å². The lowest BCUT2D eigenvalue weighted by molar-refractivity contribution is 0.194. The maximum Gasteiger partial charge on any atom is 0.122 e. The molecule has 0 bridgehead atoms. The van der Waals surface area contributed by atoms with Crippen molar-refractivity contribution in [2.24, 2.45) is 0 Å². The van der Waals surface area contributed by atoms with Crippen LogP contribution in [0.2, 0.25) is 0 Å². The van der Waals surface area contributed by atoms with Gasteiger partial charge in [0.15, 0.2) is 0 Å². The average Bonchev–Trinajstić information content (AvgIpc) is 2.70. The molecule has 72 valence electrons. The molecule has 1 saturated heterocycles. The molecule has 0 saturated carbocycles. The molecule has 0 amide bonds. The highest BCUT2D eigenvalue weighted by Crippen LogP contribution is 2.27. The third-order valence-electron chi connectivity index (χ3n) is 2.07. The Morgan fingerprint density at radius 3 is 3.15 bits per heavy atom. The molecule has 0 N–H and O–H groups in total. The van der Waals surface area contributed by atoms with Crippen LogP contribution >= 0.6 is 22.9 Å². The van der Waals surface area contributed by atoms with Crippen molar-refractivity contribution in [3.8, 4) is 0 Å². The van der Waals surface area contributed by atoms with Crippen LogP contribution in [-0.2, 0) is 11.2 Å². The molecule has 2 rings (SSSR count). The van der Waals surface area contributed by atoms with Gasteiger partial charge in [0, 0.05) is 24.8 Å². The van der Waals surface area contributed by atoms with Gasteiger partial charge in [0.1, 0.15) is 10.0 Å². The molecular formula is C8H11ClN2OS. The second-order valence-electron chi connectivity index (χ2n) is 3.03. The van der Waals surface area contributed by atoms with Gasteiger partial charge in [0.25, 0.3) is 0 Å². The van der Waals surface area contributed by atoms with Crippen molar-refractivity contribution in [2.45, 2.75) is 18.8 Å². The number of hydrogen-bond acceptors (Lipinski definition) is 4. The first-order chi connectivity index (χ1) is 6.40. The van der Waals surface area contributed by atoms with E-state index in [4.69, 9.17) is 16.3 Å². The number of nitrogens with zero attached hydrogens (tertiary/aromatic N) is 2. The van der Waals surface area contributed by atoms with E-state index in [-0.39, 0.29) is 0 Å². The van der Waals surface area contributed by atoms with Gasteiger partial charge < -0.3 is 4.74 Å². The van der Waals surface area contributed by atoms with Gasteiger partial charge in [-0.05, 0) is 6.42 Å². The Bertz CT molecular complexity index is 273. The number of alkyl halides is 1. The number of rotatable bonds is 3. The van der Waals surface area contributed by atoms with E-state index in [2.05, 4.69) is 10.2 Å². The van der Waals surface area contributed by atoms with Crippen LogP contribution in [0.5, 0.6) is 0 Å². The second-order valence-corrected chi connectivity index (χ2v) is 4.51. The van der Waals surface area contributed by atoms with Gasteiger partial charge in [0.05, 0.1) is 6.61 Å². The van der Waals surface area contributed by atoms with Gasteiger partial charge in [-0.25, -0.2) is 0 Å². The summed E-state index contributed by atoms with van der Waals surface area (Å²) in [4.78, 5) is 0. The zero-order chi connectivity index (χ0) is 9.10. The minimum Gasteiger partial charge on any atom is -0.381 e. The average molecular weight is 219 g/mol. The summed E-state index contributed by atoms with van der Waals surface area (Å²) in [5.41, 5.74) is 0. The fourth-order valence-electron chi connectivity index (χ4n) is 1.34. The first-order valence-corrected chi connectivity index (χ1v) is 5.71. The summed E-state index contributed by atoms with van der Waals surface area (Å²) in [6.07, 6.45) is 1.91. The molecule has 1 aromatic heterocycles. The maximum atomic E-state index is 5.62. The van der Waals surface area contributed by atoms with E-state index in [0.717, 1.165) is 36.1 Å². The topological polar surface area (TPSA) is 35.0 Å². The Hall–Kier alpha value is -0.190. The van der Waals surface area contributed by atoms with Crippen LogP contribution < -0.4 is 0 Å². The Kier molecular flexibility index (Phi) is 3.14. The van der Waals surface area contributed by atoms with Crippen LogP contribution in [-0.4, -0.2) is 29.3 Å². The molecule has 1 atom stereocenters. The van der Waals surface area contributed by atoms with E-state index >= 15 is 0 Å². The molecule has 5 heteroatoms. The molecule has 1 unspecified atom stereocenters. The molecular weight excluding hydrogens is 208 g/mol. The molecule has 3 nitrogen and oxygen atoms in total. The Labute approximate surface area is 86.1 Å².